The molecule has 4 heteroatoms. The van der Waals surface area contributed by atoms with Crippen molar-refractivity contribution in [1.82, 2.24) is 4.98 Å². The number of nitrogens with zero attached hydrogens (tertiary/aromatic N) is 1. The molecule has 0 spiro atoms. The van der Waals surface area contributed by atoms with Crippen LogP contribution < -0.4 is 5.32 Å². The van der Waals surface area contributed by atoms with Crippen LogP contribution in [0.3, 0.4) is 0 Å². The Balaban J connectivity index is 2.39. The van der Waals surface area contributed by atoms with E-state index in [4.69, 9.17) is 0 Å². The number of aryl methyl sites for hydroxylation is 2. The summed E-state index contributed by atoms with van der Waals surface area (Å²) in [6, 6.07) is 10.8. The fourth-order valence-corrected chi connectivity index (χ4v) is 1.87. The summed E-state index contributed by atoms with van der Waals surface area (Å²) < 4.78 is 0. The molecule has 20 heavy (non-hydrogen) atoms. The number of rotatable bonds is 3. The van der Waals surface area contributed by atoms with Crippen LogP contribution in [0.4, 0.5) is 5.69 Å². The van der Waals surface area contributed by atoms with E-state index in [1.54, 1.807) is 18.2 Å². The number of nitrogens with one attached hydrogen (secondary N) is 1. The molecule has 0 fully saturated rings. The van der Waals surface area contributed by atoms with E-state index in [0.717, 1.165) is 11.3 Å². The summed E-state index contributed by atoms with van der Waals surface area (Å²) >= 11 is 0. The van der Waals surface area contributed by atoms with Gasteiger partial charge in [-0.05, 0) is 37.6 Å². The summed E-state index contributed by atoms with van der Waals surface area (Å²) in [6.45, 7) is 5.10. The molecule has 2 aromatic rings. The van der Waals surface area contributed by atoms with Crippen LogP contribution in [0.25, 0.3) is 0 Å². The number of amides is 1. The number of pyridine rings is 1. The molecular weight excluding hydrogens is 252 g/mol. The standard InChI is InChI=1S/C16H16N2O2/c1-10-9-14(15(12(3)19)17-11(10)2)16(20)18-13-7-5-4-6-8-13/h4-9H,1-3H3,(H,18,20). The topological polar surface area (TPSA) is 59.1 Å². The van der Waals surface area contributed by atoms with Crippen LogP contribution in [-0.2, 0) is 0 Å². The van der Waals surface area contributed by atoms with E-state index in [-0.39, 0.29) is 17.4 Å². The van der Waals surface area contributed by atoms with E-state index in [9.17, 15) is 9.59 Å². The summed E-state index contributed by atoms with van der Waals surface area (Å²) in [5.41, 5.74) is 2.84. The second kappa shape index (κ2) is 5.65. The SMILES string of the molecule is CC(=O)c1nc(C)c(C)cc1C(=O)Nc1ccccc1. The van der Waals surface area contributed by atoms with Gasteiger partial charge in [0.25, 0.3) is 5.91 Å². The number of carbonyl (C=O) groups excluding carboxylic acids is 2. The third-order valence-electron chi connectivity index (χ3n) is 3.08. The summed E-state index contributed by atoms with van der Waals surface area (Å²) in [5, 5.41) is 2.77. The van der Waals surface area contributed by atoms with Crippen molar-refractivity contribution in [1.29, 1.82) is 0 Å². The van der Waals surface area contributed by atoms with E-state index in [2.05, 4.69) is 10.3 Å². The highest BCUT2D eigenvalue weighted by atomic mass is 16.2. The van der Waals surface area contributed by atoms with Gasteiger partial charge in [0.2, 0.25) is 0 Å². The summed E-state index contributed by atoms with van der Waals surface area (Å²) in [7, 11) is 0. The molecule has 0 aliphatic carbocycles. The largest absolute Gasteiger partial charge is 0.322 e. The molecule has 1 N–H and O–H groups in total. The average molecular weight is 268 g/mol. The first-order chi connectivity index (χ1) is 9.49. The summed E-state index contributed by atoms with van der Waals surface area (Å²) in [5.74, 6) is -0.539. The van der Waals surface area contributed by atoms with Crippen molar-refractivity contribution in [3.05, 3.63) is 58.9 Å². The highest BCUT2D eigenvalue weighted by Crippen LogP contribution is 2.15. The van der Waals surface area contributed by atoms with Crippen molar-refractivity contribution in [2.45, 2.75) is 20.8 Å². The molecule has 2 rings (SSSR count). The van der Waals surface area contributed by atoms with Crippen LogP contribution in [0.15, 0.2) is 36.4 Å². The number of aromatic nitrogens is 1. The third-order valence-corrected chi connectivity index (χ3v) is 3.08. The minimum absolute atomic E-state index is 0.210. The van der Waals surface area contributed by atoms with Gasteiger partial charge in [-0.1, -0.05) is 18.2 Å². The highest BCUT2D eigenvalue weighted by Gasteiger charge is 2.17. The Labute approximate surface area is 117 Å². The maximum atomic E-state index is 12.3. The number of hydrogen-bond donors (Lipinski definition) is 1. The van der Waals surface area contributed by atoms with Gasteiger partial charge in [0.15, 0.2) is 5.78 Å². The molecule has 1 aromatic carbocycles. The molecule has 0 saturated heterocycles. The molecule has 0 aliphatic heterocycles. The predicted molar refractivity (Wildman–Crippen MR) is 78.1 cm³/mol. The molecule has 4 nitrogen and oxygen atoms in total. The number of benzene rings is 1. The predicted octanol–water partition coefficient (Wildman–Crippen LogP) is 3.15. The van der Waals surface area contributed by atoms with Gasteiger partial charge < -0.3 is 5.32 Å². The van der Waals surface area contributed by atoms with Gasteiger partial charge in [-0.3, -0.25) is 9.59 Å². The lowest BCUT2D eigenvalue weighted by Crippen LogP contribution is -2.18. The monoisotopic (exact) mass is 268 g/mol. The average Bonchev–Trinajstić information content (AvgIpc) is 2.42. The van der Waals surface area contributed by atoms with E-state index < -0.39 is 0 Å². The molecule has 0 aliphatic rings. The molecule has 0 saturated carbocycles. The Morgan fingerprint density at radius 3 is 2.35 bits per heavy atom. The van der Waals surface area contributed by atoms with Crippen LogP contribution in [0.1, 0.15) is 39.0 Å². The Morgan fingerprint density at radius 1 is 1.10 bits per heavy atom. The zero-order valence-corrected chi connectivity index (χ0v) is 11.7. The quantitative estimate of drug-likeness (QED) is 0.870. The third kappa shape index (κ3) is 2.91. The smallest absolute Gasteiger partial charge is 0.257 e. The van der Waals surface area contributed by atoms with Gasteiger partial charge >= 0.3 is 0 Å². The van der Waals surface area contributed by atoms with Crippen molar-refractivity contribution < 1.29 is 9.59 Å². The first-order valence-corrected chi connectivity index (χ1v) is 6.34. The van der Waals surface area contributed by atoms with E-state index in [1.807, 2.05) is 32.0 Å². The summed E-state index contributed by atoms with van der Waals surface area (Å²) in [4.78, 5) is 28.2. The molecule has 0 radical (unpaired) electrons. The Hall–Kier alpha value is -2.49. The second-order valence-corrected chi connectivity index (χ2v) is 4.66. The molecular formula is C16H16N2O2. The van der Waals surface area contributed by atoms with Gasteiger partial charge in [0, 0.05) is 18.3 Å². The fraction of sp³-hybridized carbons (Fsp3) is 0.188. The van der Waals surface area contributed by atoms with Crippen LogP contribution in [0.5, 0.6) is 0 Å². The van der Waals surface area contributed by atoms with E-state index >= 15 is 0 Å². The van der Waals surface area contributed by atoms with Crippen molar-refractivity contribution in [2.75, 3.05) is 5.32 Å². The minimum Gasteiger partial charge on any atom is -0.322 e. The number of carbonyl (C=O) groups is 2. The lowest BCUT2D eigenvalue weighted by atomic mass is 10.1. The van der Waals surface area contributed by atoms with Crippen molar-refractivity contribution in [3.8, 4) is 0 Å². The van der Waals surface area contributed by atoms with Gasteiger partial charge in [0.1, 0.15) is 5.69 Å². The van der Waals surface area contributed by atoms with E-state index in [1.165, 1.54) is 6.92 Å². The zero-order chi connectivity index (χ0) is 14.7. The number of Topliss-reactive ketones (excluding diaryl/α,β-unsaturated/α-hetero) is 1. The summed E-state index contributed by atoms with van der Waals surface area (Å²) in [6.07, 6.45) is 0. The van der Waals surface area contributed by atoms with Crippen molar-refractivity contribution >= 4 is 17.4 Å². The number of hydrogen-bond acceptors (Lipinski definition) is 3. The molecule has 0 atom stereocenters. The lowest BCUT2D eigenvalue weighted by molar-refractivity contribution is 0.0981. The van der Waals surface area contributed by atoms with Gasteiger partial charge in [0.05, 0.1) is 5.56 Å². The minimum atomic E-state index is -0.322. The first-order valence-electron chi connectivity index (χ1n) is 6.34. The molecule has 0 bridgehead atoms. The first kappa shape index (κ1) is 13.9. The van der Waals surface area contributed by atoms with Gasteiger partial charge in [-0.2, -0.15) is 0 Å². The molecule has 1 aromatic heterocycles. The Morgan fingerprint density at radius 2 is 1.75 bits per heavy atom. The maximum Gasteiger partial charge on any atom is 0.257 e. The van der Waals surface area contributed by atoms with E-state index in [0.29, 0.717) is 11.3 Å². The Bertz CT molecular complexity index is 664. The lowest BCUT2D eigenvalue weighted by Gasteiger charge is -2.10. The maximum absolute atomic E-state index is 12.3. The molecule has 1 heterocycles. The molecule has 102 valence electrons. The number of anilines is 1. The molecule has 1 amide bonds. The highest BCUT2D eigenvalue weighted by molar-refractivity contribution is 6.11. The zero-order valence-electron chi connectivity index (χ0n) is 11.7. The van der Waals surface area contributed by atoms with Crippen LogP contribution in [-0.4, -0.2) is 16.7 Å². The normalized spacial score (nSPS) is 10.2. The second-order valence-electron chi connectivity index (χ2n) is 4.66. The van der Waals surface area contributed by atoms with Gasteiger partial charge in [-0.25, -0.2) is 4.98 Å². The van der Waals surface area contributed by atoms with Gasteiger partial charge in [-0.15, -0.1) is 0 Å². The van der Waals surface area contributed by atoms with Crippen LogP contribution in [0.2, 0.25) is 0 Å². The molecule has 0 unspecified atom stereocenters. The van der Waals surface area contributed by atoms with Crippen molar-refractivity contribution in [2.24, 2.45) is 0 Å². The number of para-hydroxylation sites is 1. The van der Waals surface area contributed by atoms with Crippen molar-refractivity contribution in [3.63, 3.8) is 0 Å². The van der Waals surface area contributed by atoms with Crippen LogP contribution >= 0.6 is 0 Å². The Kier molecular flexibility index (Phi) is 3.94. The number of ketones is 1. The van der Waals surface area contributed by atoms with Crippen LogP contribution in [0, 0.1) is 13.8 Å². The fourth-order valence-electron chi connectivity index (χ4n) is 1.87.